The average molecular weight is 262 g/mol. The van der Waals surface area contributed by atoms with Crippen LogP contribution in [-0.2, 0) is 13.5 Å². The van der Waals surface area contributed by atoms with Crippen LogP contribution in [0, 0.1) is 17.8 Å². The molecule has 4 unspecified atom stereocenters. The van der Waals surface area contributed by atoms with E-state index in [1.807, 2.05) is 13.2 Å². The van der Waals surface area contributed by atoms with E-state index in [1.165, 1.54) is 44.9 Å². The molecule has 3 rings (SSSR count). The summed E-state index contributed by atoms with van der Waals surface area (Å²) in [4.78, 5) is 0. The smallest absolute Gasteiger partial charge is 0.0842 e. The van der Waals surface area contributed by atoms with Crippen molar-refractivity contribution in [3.63, 3.8) is 0 Å². The van der Waals surface area contributed by atoms with Crippen molar-refractivity contribution in [3.8, 4) is 0 Å². The lowest BCUT2D eigenvalue weighted by molar-refractivity contribution is 0.117. The van der Waals surface area contributed by atoms with E-state index in [1.54, 1.807) is 4.68 Å². The molecule has 2 fully saturated rings. The van der Waals surface area contributed by atoms with E-state index in [9.17, 15) is 0 Å². The fourth-order valence-corrected chi connectivity index (χ4v) is 4.20. The van der Waals surface area contributed by atoms with Gasteiger partial charge in [-0.25, -0.2) is 0 Å². The molecule has 0 amide bonds. The van der Waals surface area contributed by atoms with Crippen LogP contribution in [0.15, 0.2) is 6.20 Å². The average Bonchev–Trinajstić information content (AvgIpc) is 2.83. The summed E-state index contributed by atoms with van der Waals surface area (Å²) in [7, 11) is 1.91. The van der Waals surface area contributed by atoms with Gasteiger partial charge >= 0.3 is 0 Å². The molecule has 0 saturated heterocycles. The minimum atomic E-state index is 0.263. The third-order valence-electron chi connectivity index (χ3n) is 5.28. The molecular formula is C15H26N4. The number of nitrogens with two attached hydrogens (primary N) is 1. The molecule has 1 aromatic rings. The summed E-state index contributed by atoms with van der Waals surface area (Å²) in [5.74, 6) is 2.66. The molecule has 0 bridgehead atoms. The highest BCUT2D eigenvalue weighted by Crippen LogP contribution is 2.43. The summed E-state index contributed by atoms with van der Waals surface area (Å²) in [6, 6.07) is 0.263. The zero-order chi connectivity index (χ0) is 13.2. The predicted molar refractivity (Wildman–Crippen MR) is 75.5 cm³/mol. The third-order valence-corrected chi connectivity index (χ3v) is 5.28. The number of aryl methyl sites for hydroxylation is 1. The molecule has 4 nitrogen and oxygen atoms in total. The lowest BCUT2D eigenvalue weighted by Crippen LogP contribution is -2.39. The van der Waals surface area contributed by atoms with E-state index in [0.29, 0.717) is 5.92 Å². The van der Waals surface area contributed by atoms with E-state index >= 15 is 0 Å². The molecule has 106 valence electrons. The van der Waals surface area contributed by atoms with Crippen molar-refractivity contribution in [1.29, 1.82) is 0 Å². The van der Waals surface area contributed by atoms with Crippen LogP contribution in [0.2, 0.25) is 0 Å². The first-order valence-corrected chi connectivity index (χ1v) is 7.83. The number of nitrogens with zero attached hydrogens (tertiary/aromatic N) is 3. The molecule has 2 saturated carbocycles. The highest BCUT2D eigenvalue weighted by atomic mass is 15.4. The predicted octanol–water partition coefficient (Wildman–Crippen LogP) is 2.29. The molecular weight excluding hydrogens is 236 g/mol. The fourth-order valence-electron chi connectivity index (χ4n) is 4.20. The van der Waals surface area contributed by atoms with E-state index in [4.69, 9.17) is 5.73 Å². The second-order valence-corrected chi connectivity index (χ2v) is 6.63. The standard InChI is InChI=1S/C15H26N4/c1-19-10-14(17-18-19)9-15(16)13-7-6-11-4-2-3-5-12(11)8-13/h10-13,15H,2-9,16H2,1H3. The van der Waals surface area contributed by atoms with Gasteiger partial charge in [-0.05, 0) is 37.0 Å². The zero-order valence-corrected chi connectivity index (χ0v) is 12.0. The first-order valence-electron chi connectivity index (χ1n) is 7.83. The number of rotatable bonds is 3. The van der Waals surface area contributed by atoms with Crippen LogP contribution in [0.1, 0.15) is 50.6 Å². The molecule has 2 aliphatic rings. The number of hydrogen-bond donors (Lipinski definition) is 1. The van der Waals surface area contributed by atoms with E-state index in [-0.39, 0.29) is 6.04 Å². The van der Waals surface area contributed by atoms with Crippen molar-refractivity contribution < 1.29 is 0 Å². The highest BCUT2D eigenvalue weighted by molar-refractivity contribution is 4.98. The minimum Gasteiger partial charge on any atom is -0.327 e. The lowest BCUT2D eigenvalue weighted by atomic mass is 9.66. The Morgan fingerprint density at radius 3 is 2.79 bits per heavy atom. The van der Waals surface area contributed by atoms with Crippen molar-refractivity contribution >= 4 is 0 Å². The largest absolute Gasteiger partial charge is 0.327 e. The van der Waals surface area contributed by atoms with Gasteiger partial charge in [0, 0.05) is 25.7 Å². The molecule has 0 aliphatic heterocycles. The number of hydrogen-bond acceptors (Lipinski definition) is 3. The molecule has 2 aliphatic carbocycles. The minimum absolute atomic E-state index is 0.263. The normalized spacial score (nSPS) is 32.8. The molecule has 4 atom stereocenters. The van der Waals surface area contributed by atoms with Crippen molar-refractivity contribution in [3.05, 3.63) is 11.9 Å². The fraction of sp³-hybridized carbons (Fsp3) is 0.867. The maximum Gasteiger partial charge on any atom is 0.0842 e. The summed E-state index contributed by atoms with van der Waals surface area (Å²) >= 11 is 0. The van der Waals surface area contributed by atoms with Crippen LogP contribution in [0.3, 0.4) is 0 Å². The van der Waals surface area contributed by atoms with Crippen molar-refractivity contribution in [2.24, 2.45) is 30.5 Å². The molecule has 0 spiro atoms. The quantitative estimate of drug-likeness (QED) is 0.909. The van der Waals surface area contributed by atoms with E-state index in [0.717, 1.165) is 24.0 Å². The highest BCUT2D eigenvalue weighted by Gasteiger charge is 2.34. The van der Waals surface area contributed by atoms with Crippen molar-refractivity contribution in [2.75, 3.05) is 0 Å². The molecule has 0 aromatic carbocycles. The Hall–Kier alpha value is -0.900. The number of aromatic nitrogens is 3. The summed E-state index contributed by atoms with van der Waals surface area (Å²) < 4.78 is 1.76. The van der Waals surface area contributed by atoms with Gasteiger partial charge in [-0.1, -0.05) is 30.9 Å². The Balaban J connectivity index is 1.56. The van der Waals surface area contributed by atoms with Gasteiger partial charge in [0.25, 0.3) is 0 Å². The maximum absolute atomic E-state index is 6.43. The Kier molecular flexibility index (Phi) is 3.87. The second-order valence-electron chi connectivity index (χ2n) is 6.63. The molecule has 4 heteroatoms. The first kappa shape index (κ1) is 13.1. The lowest BCUT2D eigenvalue weighted by Gasteiger charge is -2.41. The van der Waals surface area contributed by atoms with Crippen LogP contribution in [-0.4, -0.2) is 21.0 Å². The van der Waals surface area contributed by atoms with E-state index < -0.39 is 0 Å². The van der Waals surface area contributed by atoms with Crippen LogP contribution >= 0.6 is 0 Å². The third kappa shape index (κ3) is 2.99. The summed E-state index contributed by atoms with van der Waals surface area (Å²) in [6.45, 7) is 0. The van der Waals surface area contributed by atoms with Gasteiger partial charge in [0.15, 0.2) is 0 Å². The Labute approximate surface area is 115 Å². The van der Waals surface area contributed by atoms with Gasteiger partial charge in [0.05, 0.1) is 5.69 Å². The van der Waals surface area contributed by atoms with Crippen molar-refractivity contribution in [2.45, 2.75) is 57.4 Å². The van der Waals surface area contributed by atoms with Crippen LogP contribution < -0.4 is 5.73 Å². The van der Waals surface area contributed by atoms with Gasteiger partial charge in [-0.3, -0.25) is 4.68 Å². The van der Waals surface area contributed by atoms with Crippen molar-refractivity contribution in [1.82, 2.24) is 15.0 Å². The topological polar surface area (TPSA) is 56.7 Å². The van der Waals surface area contributed by atoms with Gasteiger partial charge in [0.2, 0.25) is 0 Å². The SMILES string of the molecule is Cn1cc(CC(N)C2CCC3CCCCC3C2)nn1. The molecule has 1 heterocycles. The molecule has 19 heavy (non-hydrogen) atoms. The monoisotopic (exact) mass is 262 g/mol. The Morgan fingerprint density at radius 2 is 2.05 bits per heavy atom. The Bertz CT molecular complexity index is 414. The van der Waals surface area contributed by atoms with Gasteiger partial charge in [0.1, 0.15) is 0 Å². The summed E-state index contributed by atoms with van der Waals surface area (Å²) in [5, 5.41) is 8.16. The first-order chi connectivity index (χ1) is 9.22. The summed E-state index contributed by atoms with van der Waals surface area (Å²) in [5.41, 5.74) is 7.48. The zero-order valence-electron chi connectivity index (χ0n) is 12.0. The van der Waals surface area contributed by atoms with Crippen LogP contribution in [0.25, 0.3) is 0 Å². The maximum atomic E-state index is 6.43. The van der Waals surface area contributed by atoms with Crippen LogP contribution in [0.5, 0.6) is 0 Å². The van der Waals surface area contributed by atoms with Gasteiger partial charge in [-0.2, -0.15) is 0 Å². The van der Waals surface area contributed by atoms with Crippen LogP contribution in [0.4, 0.5) is 0 Å². The molecule has 1 aromatic heterocycles. The molecule has 0 radical (unpaired) electrons. The van der Waals surface area contributed by atoms with Gasteiger partial charge in [-0.15, -0.1) is 5.10 Å². The number of fused-ring (bicyclic) bond motifs is 1. The second kappa shape index (κ2) is 5.61. The van der Waals surface area contributed by atoms with E-state index in [2.05, 4.69) is 10.3 Å². The summed E-state index contributed by atoms with van der Waals surface area (Å²) in [6.07, 6.45) is 12.8. The molecule has 2 N–H and O–H groups in total. The Morgan fingerprint density at radius 1 is 1.26 bits per heavy atom. The van der Waals surface area contributed by atoms with Gasteiger partial charge < -0.3 is 5.73 Å².